The van der Waals surface area contributed by atoms with Crippen LogP contribution in [-0.4, -0.2) is 21.0 Å². The fourth-order valence-corrected chi connectivity index (χ4v) is 1.86. The first-order chi connectivity index (χ1) is 6.49. The number of aromatic nitrogens is 2. The third-order valence-corrected chi connectivity index (χ3v) is 2.90. The average Bonchev–Trinajstić information content (AvgIpc) is 2.01. The van der Waals surface area contributed by atoms with Gasteiger partial charge in [-0.25, -0.2) is 9.97 Å². The fraction of sp³-hybridized carbons (Fsp3) is 0.500. The van der Waals surface area contributed by atoms with Gasteiger partial charge >= 0.3 is 0 Å². The Balaban J connectivity index is 2.81. The quantitative estimate of drug-likeness (QED) is 0.566. The molecule has 0 saturated heterocycles. The second kappa shape index (κ2) is 4.55. The predicted molar refractivity (Wildman–Crippen MR) is 57.5 cm³/mol. The molecule has 0 radical (unpaired) electrons. The molecule has 0 aromatic carbocycles. The van der Waals surface area contributed by atoms with Crippen LogP contribution in [0.4, 0.5) is 0 Å². The maximum atomic E-state index is 11.0. The molecule has 1 heterocycles. The first-order valence-corrected chi connectivity index (χ1v) is 5.36. The van der Waals surface area contributed by atoms with E-state index in [1.165, 1.54) is 11.8 Å². The molecule has 76 valence electrons. The number of thioether (sulfide) groups is 1. The van der Waals surface area contributed by atoms with Crippen LogP contribution in [0.2, 0.25) is 0 Å². The SMILES string of the molecule is CC(=O)C(C)Sc1nc(C)cc(C)n1. The summed E-state index contributed by atoms with van der Waals surface area (Å²) >= 11 is 1.41. The van der Waals surface area contributed by atoms with Crippen molar-refractivity contribution in [1.29, 1.82) is 0 Å². The summed E-state index contributed by atoms with van der Waals surface area (Å²) in [5.74, 6) is 0.151. The Morgan fingerprint density at radius 3 is 2.29 bits per heavy atom. The summed E-state index contributed by atoms with van der Waals surface area (Å²) in [7, 11) is 0. The van der Waals surface area contributed by atoms with Gasteiger partial charge in [0.15, 0.2) is 5.16 Å². The molecule has 1 atom stereocenters. The summed E-state index contributed by atoms with van der Waals surface area (Å²) in [5.41, 5.74) is 1.88. The molecule has 1 aromatic heterocycles. The van der Waals surface area contributed by atoms with Gasteiger partial charge in [-0.15, -0.1) is 0 Å². The van der Waals surface area contributed by atoms with E-state index in [-0.39, 0.29) is 11.0 Å². The lowest BCUT2D eigenvalue weighted by Gasteiger charge is -2.06. The van der Waals surface area contributed by atoms with Gasteiger partial charge < -0.3 is 0 Å². The third kappa shape index (κ3) is 3.10. The highest BCUT2D eigenvalue weighted by atomic mass is 32.2. The van der Waals surface area contributed by atoms with Crippen molar-refractivity contribution in [3.8, 4) is 0 Å². The lowest BCUT2D eigenvalue weighted by Crippen LogP contribution is -2.09. The largest absolute Gasteiger partial charge is 0.299 e. The van der Waals surface area contributed by atoms with Gasteiger partial charge in [0.2, 0.25) is 0 Å². The molecule has 0 aliphatic carbocycles. The van der Waals surface area contributed by atoms with Crippen molar-refractivity contribution < 1.29 is 4.79 Å². The van der Waals surface area contributed by atoms with E-state index in [2.05, 4.69) is 9.97 Å². The van der Waals surface area contributed by atoms with Crippen LogP contribution in [0.25, 0.3) is 0 Å². The average molecular weight is 210 g/mol. The highest BCUT2D eigenvalue weighted by Gasteiger charge is 2.11. The van der Waals surface area contributed by atoms with Gasteiger partial charge in [0.25, 0.3) is 0 Å². The van der Waals surface area contributed by atoms with E-state index >= 15 is 0 Å². The van der Waals surface area contributed by atoms with Crippen molar-refractivity contribution in [3.63, 3.8) is 0 Å². The van der Waals surface area contributed by atoms with E-state index in [0.29, 0.717) is 5.16 Å². The summed E-state index contributed by atoms with van der Waals surface area (Å²) in [6, 6.07) is 1.92. The number of nitrogens with zero attached hydrogens (tertiary/aromatic N) is 2. The summed E-state index contributed by atoms with van der Waals surface area (Å²) in [5, 5.41) is 0.612. The Labute approximate surface area is 88.3 Å². The number of Topliss-reactive ketones (excluding diaryl/α,β-unsaturated/α-hetero) is 1. The number of aryl methyl sites for hydroxylation is 2. The molecule has 1 rings (SSSR count). The van der Waals surface area contributed by atoms with Gasteiger partial charge in [0, 0.05) is 11.4 Å². The molecular formula is C10H14N2OS. The van der Waals surface area contributed by atoms with E-state index in [9.17, 15) is 4.79 Å². The zero-order valence-electron chi connectivity index (χ0n) is 8.87. The number of hydrogen-bond acceptors (Lipinski definition) is 4. The van der Waals surface area contributed by atoms with E-state index in [1.807, 2.05) is 26.8 Å². The molecule has 0 aliphatic rings. The molecular weight excluding hydrogens is 196 g/mol. The summed E-state index contributed by atoms with van der Waals surface area (Å²) in [4.78, 5) is 19.6. The molecule has 14 heavy (non-hydrogen) atoms. The Bertz CT molecular complexity index is 332. The standard InChI is InChI=1S/C10H14N2OS/c1-6-5-7(2)12-10(11-6)14-9(4)8(3)13/h5,9H,1-4H3. The lowest BCUT2D eigenvalue weighted by molar-refractivity contribution is -0.116. The Morgan fingerprint density at radius 1 is 1.36 bits per heavy atom. The Morgan fingerprint density at radius 2 is 1.86 bits per heavy atom. The number of carbonyl (C=O) groups excluding carboxylic acids is 1. The Kier molecular flexibility index (Phi) is 3.63. The van der Waals surface area contributed by atoms with Crippen LogP contribution in [0.5, 0.6) is 0 Å². The molecule has 1 aromatic rings. The normalized spacial score (nSPS) is 12.6. The van der Waals surface area contributed by atoms with Crippen LogP contribution >= 0.6 is 11.8 Å². The maximum Gasteiger partial charge on any atom is 0.188 e. The molecule has 3 nitrogen and oxygen atoms in total. The zero-order valence-corrected chi connectivity index (χ0v) is 9.68. The van der Waals surface area contributed by atoms with Crippen LogP contribution in [0.15, 0.2) is 11.2 Å². The minimum absolute atomic E-state index is 0.0730. The van der Waals surface area contributed by atoms with Crippen molar-refractivity contribution >= 4 is 17.5 Å². The highest BCUT2D eigenvalue weighted by Crippen LogP contribution is 2.20. The fourth-order valence-electron chi connectivity index (χ4n) is 0.987. The minimum atomic E-state index is -0.0730. The first kappa shape index (κ1) is 11.2. The van der Waals surface area contributed by atoms with Crippen LogP contribution in [0.3, 0.4) is 0 Å². The number of carbonyl (C=O) groups is 1. The zero-order chi connectivity index (χ0) is 10.7. The Hall–Kier alpha value is -0.900. The minimum Gasteiger partial charge on any atom is -0.299 e. The van der Waals surface area contributed by atoms with Crippen LogP contribution in [0.1, 0.15) is 25.2 Å². The molecule has 0 saturated carbocycles. The molecule has 4 heteroatoms. The van der Waals surface area contributed by atoms with Crippen LogP contribution in [0, 0.1) is 13.8 Å². The molecule has 0 aliphatic heterocycles. The van der Waals surface area contributed by atoms with Crippen LogP contribution < -0.4 is 0 Å². The van der Waals surface area contributed by atoms with Crippen molar-refractivity contribution in [3.05, 3.63) is 17.5 Å². The van der Waals surface area contributed by atoms with E-state index in [4.69, 9.17) is 0 Å². The van der Waals surface area contributed by atoms with Gasteiger partial charge in [-0.3, -0.25) is 4.79 Å². The lowest BCUT2D eigenvalue weighted by atomic mass is 10.3. The van der Waals surface area contributed by atoms with Gasteiger partial charge in [-0.2, -0.15) is 0 Å². The predicted octanol–water partition coefficient (Wildman–Crippen LogP) is 2.16. The summed E-state index contributed by atoms with van der Waals surface area (Å²) in [6.07, 6.45) is 0. The molecule has 1 unspecified atom stereocenters. The van der Waals surface area contributed by atoms with Crippen LogP contribution in [-0.2, 0) is 4.79 Å². The van der Waals surface area contributed by atoms with Crippen molar-refractivity contribution in [2.24, 2.45) is 0 Å². The molecule has 0 fully saturated rings. The maximum absolute atomic E-state index is 11.0. The van der Waals surface area contributed by atoms with E-state index < -0.39 is 0 Å². The van der Waals surface area contributed by atoms with Gasteiger partial charge in [0.05, 0.1) is 5.25 Å². The summed E-state index contributed by atoms with van der Waals surface area (Å²) in [6.45, 7) is 7.31. The van der Waals surface area contributed by atoms with Crippen molar-refractivity contribution in [1.82, 2.24) is 9.97 Å². The number of hydrogen-bond donors (Lipinski definition) is 0. The number of ketones is 1. The second-order valence-electron chi connectivity index (χ2n) is 3.30. The van der Waals surface area contributed by atoms with Crippen molar-refractivity contribution in [2.75, 3.05) is 0 Å². The molecule has 0 bridgehead atoms. The topological polar surface area (TPSA) is 42.9 Å². The van der Waals surface area contributed by atoms with E-state index in [0.717, 1.165) is 11.4 Å². The smallest absolute Gasteiger partial charge is 0.188 e. The van der Waals surface area contributed by atoms with Gasteiger partial charge in [-0.1, -0.05) is 11.8 Å². The highest BCUT2D eigenvalue weighted by molar-refractivity contribution is 8.00. The van der Waals surface area contributed by atoms with Gasteiger partial charge in [0.1, 0.15) is 5.78 Å². The van der Waals surface area contributed by atoms with Gasteiger partial charge in [-0.05, 0) is 33.8 Å². The van der Waals surface area contributed by atoms with Crippen molar-refractivity contribution in [2.45, 2.75) is 38.1 Å². The third-order valence-electron chi connectivity index (χ3n) is 1.82. The molecule has 0 N–H and O–H groups in total. The molecule has 0 amide bonds. The van der Waals surface area contributed by atoms with E-state index in [1.54, 1.807) is 6.92 Å². The molecule has 0 spiro atoms. The summed E-state index contributed by atoms with van der Waals surface area (Å²) < 4.78 is 0. The first-order valence-electron chi connectivity index (χ1n) is 4.48. The second-order valence-corrected chi connectivity index (χ2v) is 4.61. The number of rotatable bonds is 3. The monoisotopic (exact) mass is 210 g/mol.